The maximum atomic E-state index is 13.1. The molecule has 1 fully saturated rings. The van der Waals surface area contributed by atoms with Crippen LogP contribution in [0, 0.1) is 5.82 Å². The fourth-order valence-corrected chi connectivity index (χ4v) is 4.94. The Morgan fingerprint density at radius 2 is 2.14 bits per heavy atom. The highest BCUT2D eigenvalue weighted by Crippen LogP contribution is 2.36. The molecule has 1 aliphatic carbocycles. The Labute approximate surface area is 170 Å². The lowest BCUT2D eigenvalue weighted by atomic mass is 9.85. The Morgan fingerprint density at radius 1 is 1.31 bits per heavy atom. The van der Waals surface area contributed by atoms with Gasteiger partial charge in [-0.05, 0) is 37.1 Å². The summed E-state index contributed by atoms with van der Waals surface area (Å²) in [7, 11) is -3.90. The van der Waals surface area contributed by atoms with Crippen molar-refractivity contribution >= 4 is 33.0 Å². The summed E-state index contributed by atoms with van der Waals surface area (Å²) < 4.78 is 45.6. The highest BCUT2D eigenvalue weighted by atomic mass is 32.2. The summed E-state index contributed by atoms with van der Waals surface area (Å²) in [6.45, 7) is -0.486. The van der Waals surface area contributed by atoms with Gasteiger partial charge in [0.15, 0.2) is 0 Å². The number of amides is 1. The van der Waals surface area contributed by atoms with Crippen LogP contribution in [0.2, 0.25) is 0 Å². The van der Waals surface area contributed by atoms with E-state index in [9.17, 15) is 17.6 Å². The van der Waals surface area contributed by atoms with Crippen LogP contribution in [0.5, 0.6) is 0 Å². The molecule has 2 heterocycles. The van der Waals surface area contributed by atoms with Gasteiger partial charge in [0, 0.05) is 22.5 Å². The van der Waals surface area contributed by atoms with E-state index in [0.717, 1.165) is 36.7 Å². The number of carbonyl (C=O) groups excluding carboxylic acids is 1. The molecule has 0 spiro atoms. The quantitative estimate of drug-likeness (QED) is 0.588. The van der Waals surface area contributed by atoms with Crippen molar-refractivity contribution < 1.29 is 22.1 Å². The van der Waals surface area contributed by atoms with E-state index in [1.165, 1.54) is 24.3 Å². The van der Waals surface area contributed by atoms with Gasteiger partial charge in [0.25, 0.3) is 10.0 Å². The molecule has 1 aliphatic rings. The van der Waals surface area contributed by atoms with E-state index >= 15 is 0 Å². The Hall–Kier alpha value is -2.63. The highest BCUT2D eigenvalue weighted by Gasteiger charge is 2.26. The van der Waals surface area contributed by atoms with Gasteiger partial charge in [0.05, 0.1) is 6.54 Å². The number of sulfonamides is 1. The Kier molecular flexibility index (Phi) is 5.43. The van der Waals surface area contributed by atoms with Crippen LogP contribution in [-0.4, -0.2) is 31.0 Å². The van der Waals surface area contributed by atoms with E-state index < -0.39 is 28.3 Å². The topological polar surface area (TPSA) is 114 Å². The third-order valence-corrected chi connectivity index (χ3v) is 7.37. The molecule has 3 aromatic rings. The fourth-order valence-electron chi connectivity index (χ4n) is 2.75. The van der Waals surface area contributed by atoms with Crippen LogP contribution in [0.1, 0.15) is 31.1 Å². The predicted molar refractivity (Wildman–Crippen MR) is 104 cm³/mol. The van der Waals surface area contributed by atoms with Crippen LogP contribution in [0.25, 0.3) is 11.4 Å². The number of hydrogen-bond acceptors (Lipinski definition) is 7. The number of thiophene rings is 1. The molecule has 0 unspecified atom stereocenters. The lowest BCUT2D eigenvalue weighted by Gasteiger charge is -2.20. The van der Waals surface area contributed by atoms with Crippen LogP contribution in [0.3, 0.4) is 0 Å². The monoisotopic (exact) mass is 436 g/mol. The van der Waals surface area contributed by atoms with Crippen molar-refractivity contribution in [2.24, 2.45) is 0 Å². The molecule has 1 aromatic carbocycles. The SMILES string of the molecule is O=C(CNS(=O)(=O)c1cc(-c2noc(C3CCC3)n2)cs1)Nc1cccc(F)c1. The summed E-state index contributed by atoms with van der Waals surface area (Å²) in [5.74, 6) is 0.0921. The van der Waals surface area contributed by atoms with Crippen LogP contribution >= 0.6 is 11.3 Å². The van der Waals surface area contributed by atoms with E-state index in [1.54, 1.807) is 5.38 Å². The van der Waals surface area contributed by atoms with Crippen molar-refractivity contribution in [3.8, 4) is 11.4 Å². The average Bonchev–Trinajstić information content (AvgIpc) is 3.28. The molecule has 11 heteroatoms. The van der Waals surface area contributed by atoms with Gasteiger partial charge in [-0.25, -0.2) is 17.5 Å². The first-order valence-electron chi connectivity index (χ1n) is 8.88. The Bertz CT molecular complexity index is 1140. The van der Waals surface area contributed by atoms with Crippen molar-refractivity contribution in [3.63, 3.8) is 0 Å². The number of hydrogen-bond donors (Lipinski definition) is 2. The summed E-state index contributed by atoms with van der Waals surface area (Å²) in [4.78, 5) is 16.3. The standard InChI is InChI=1S/C18H17FN4O4S2/c19-13-5-2-6-14(8-13)21-15(24)9-20-29(25,26)16-7-12(10-28-16)17-22-18(27-23-17)11-3-1-4-11/h2,5-8,10-11,20H,1,3-4,9H2,(H,21,24). The number of aromatic nitrogens is 2. The van der Waals surface area contributed by atoms with E-state index in [2.05, 4.69) is 20.2 Å². The predicted octanol–water partition coefficient (Wildman–Crippen LogP) is 3.12. The maximum Gasteiger partial charge on any atom is 0.250 e. The zero-order chi connectivity index (χ0) is 20.4. The summed E-state index contributed by atoms with van der Waals surface area (Å²) in [6, 6.07) is 6.76. The molecule has 2 aromatic heterocycles. The smallest absolute Gasteiger partial charge is 0.250 e. The molecule has 0 radical (unpaired) electrons. The Morgan fingerprint density at radius 3 is 2.86 bits per heavy atom. The molecular formula is C18H17FN4O4S2. The first-order chi connectivity index (χ1) is 13.9. The molecule has 1 amide bonds. The molecule has 0 bridgehead atoms. The molecule has 1 saturated carbocycles. The minimum Gasteiger partial charge on any atom is -0.339 e. The lowest BCUT2D eigenvalue weighted by molar-refractivity contribution is -0.115. The van der Waals surface area contributed by atoms with Gasteiger partial charge >= 0.3 is 0 Å². The average molecular weight is 436 g/mol. The van der Waals surface area contributed by atoms with E-state index in [-0.39, 0.29) is 15.8 Å². The second-order valence-corrected chi connectivity index (χ2v) is 9.53. The molecule has 0 atom stereocenters. The number of halogens is 1. The third-order valence-electron chi connectivity index (χ3n) is 4.53. The van der Waals surface area contributed by atoms with Gasteiger partial charge in [0.2, 0.25) is 17.6 Å². The van der Waals surface area contributed by atoms with Gasteiger partial charge in [-0.15, -0.1) is 11.3 Å². The first kappa shape index (κ1) is 19.7. The summed E-state index contributed by atoms with van der Waals surface area (Å²) in [6.07, 6.45) is 3.18. The zero-order valence-corrected chi connectivity index (χ0v) is 16.7. The largest absolute Gasteiger partial charge is 0.339 e. The normalized spacial score (nSPS) is 14.5. The molecule has 8 nitrogen and oxygen atoms in total. The minimum atomic E-state index is -3.90. The van der Waals surface area contributed by atoms with Crippen molar-refractivity contribution in [2.45, 2.75) is 29.4 Å². The maximum absolute atomic E-state index is 13.1. The second kappa shape index (κ2) is 8.01. The van der Waals surface area contributed by atoms with Crippen LogP contribution in [0.15, 0.2) is 44.4 Å². The number of nitrogens with zero attached hydrogens (tertiary/aromatic N) is 2. The van der Waals surface area contributed by atoms with Gasteiger partial charge in [-0.3, -0.25) is 4.79 Å². The molecular weight excluding hydrogens is 419 g/mol. The molecule has 2 N–H and O–H groups in total. The highest BCUT2D eigenvalue weighted by molar-refractivity contribution is 7.91. The number of nitrogens with one attached hydrogen (secondary N) is 2. The molecule has 4 rings (SSSR count). The number of anilines is 1. The second-order valence-electron chi connectivity index (χ2n) is 6.62. The van der Waals surface area contributed by atoms with Crippen molar-refractivity contribution in [2.75, 3.05) is 11.9 Å². The van der Waals surface area contributed by atoms with E-state index in [4.69, 9.17) is 4.52 Å². The van der Waals surface area contributed by atoms with Crippen LogP contribution < -0.4 is 10.0 Å². The van der Waals surface area contributed by atoms with Crippen molar-refractivity contribution in [1.29, 1.82) is 0 Å². The number of carbonyl (C=O) groups is 1. The van der Waals surface area contributed by atoms with Crippen LogP contribution in [0.4, 0.5) is 10.1 Å². The number of rotatable bonds is 7. The molecule has 152 valence electrons. The molecule has 0 saturated heterocycles. The zero-order valence-electron chi connectivity index (χ0n) is 15.1. The fraction of sp³-hybridized carbons (Fsp3) is 0.278. The third kappa shape index (κ3) is 4.52. The Balaban J connectivity index is 1.38. The van der Waals surface area contributed by atoms with Crippen molar-refractivity contribution in [1.82, 2.24) is 14.9 Å². The number of benzene rings is 1. The van der Waals surface area contributed by atoms with Crippen LogP contribution in [-0.2, 0) is 14.8 Å². The van der Waals surface area contributed by atoms with Gasteiger partial charge in [-0.1, -0.05) is 17.6 Å². The van der Waals surface area contributed by atoms with Gasteiger partial charge in [0.1, 0.15) is 10.0 Å². The van der Waals surface area contributed by atoms with Gasteiger partial charge in [-0.2, -0.15) is 4.98 Å². The molecule has 0 aliphatic heterocycles. The van der Waals surface area contributed by atoms with E-state index in [1.807, 2.05) is 0 Å². The minimum absolute atomic E-state index is 0.0287. The van der Waals surface area contributed by atoms with Crippen molar-refractivity contribution in [3.05, 3.63) is 47.4 Å². The van der Waals surface area contributed by atoms with Gasteiger partial charge < -0.3 is 9.84 Å². The summed E-state index contributed by atoms with van der Waals surface area (Å²) >= 11 is 0.993. The summed E-state index contributed by atoms with van der Waals surface area (Å²) in [5.41, 5.74) is 0.779. The summed E-state index contributed by atoms with van der Waals surface area (Å²) in [5, 5.41) is 7.97. The lowest BCUT2D eigenvalue weighted by Crippen LogP contribution is -2.32. The van der Waals surface area contributed by atoms with E-state index in [0.29, 0.717) is 17.3 Å². The molecule has 29 heavy (non-hydrogen) atoms. The first-order valence-corrected chi connectivity index (χ1v) is 11.2.